The molecule has 4 N–H and O–H groups in total. The summed E-state index contributed by atoms with van der Waals surface area (Å²) in [5, 5.41) is 20.0. The lowest BCUT2D eigenvalue weighted by Gasteiger charge is -2.29. The van der Waals surface area contributed by atoms with E-state index in [0.717, 1.165) is 38.5 Å². The molecule has 8 atom stereocenters. The largest absolute Gasteiger partial charge is 0.490 e. The summed E-state index contributed by atoms with van der Waals surface area (Å²) in [6, 6.07) is 3.49. The van der Waals surface area contributed by atoms with Crippen molar-refractivity contribution in [3.8, 4) is 22.9 Å². The second-order valence-corrected chi connectivity index (χ2v) is 18.0. The number of nitrogens with zero attached hydrogens (tertiary/aromatic N) is 3. The lowest BCUT2D eigenvalue weighted by molar-refractivity contribution is -0.146. The van der Waals surface area contributed by atoms with E-state index in [4.69, 9.17) is 39.9 Å². The van der Waals surface area contributed by atoms with Crippen LogP contribution in [0.5, 0.6) is 11.5 Å². The quantitative estimate of drug-likeness (QED) is 0.136. The van der Waals surface area contributed by atoms with Gasteiger partial charge < -0.3 is 49.3 Å². The number of rotatable bonds is 12. The van der Waals surface area contributed by atoms with Crippen LogP contribution in [0.15, 0.2) is 28.9 Å². The van der Waals surface area contributed by atoms with E-state index in [-0.39, 0.29) is 42.7 Å². The fourth-order valence-corrected chi connectivity index (χ4v) is 9.30. The molecule has 1 aromatic carbocycles. The van der Waals surface area contributed by atoms with Crippen molar-refractivity contribution in [1.82, 2.24) is 25.5 Å². The van der Waals surface area contributed by atoms with Crippen LogP contribution in [0.4, 0.5) is 10.8 Å². The third-order valence-electron chi connectivity index (χ3n) is 12.7. The van der Waals surface area contributed by atoms with Gasteiger partial charge in [0.25, 0.3) is 6.01 Å². The average molecular weight is 867 g/mol. The number of benzene rings is 1. The zero-order chi connectivity index (χ0) is 43.4. The van der Waals surface area contributed by atoms with Crippen molar-refractivity contribution >= 4 is 52.4 Å². The predicted octanol–water partition coefficient (Wildman–Crippen LogP) is 6.97. The number of amides is 3. The monoisotopic (exact) mass is 866 g/mol. The van der Waals surface area contributed by atoms with Crippen LogP contribution in [0.3, 0.4) is 0 Å². The van der Waals surface area contributed by atoms with Crippen molar-refractivity contribution in [3.63, 3.8) is 0 Å². The highest BCUT2D eigenvalue weighted by molar-refractivity contribution is 6.36. The van der Waals surface area contributed by atoms with E-state index in [2.05, 4.69) is 34.8 Å². The van der Waals surface area contributed by atoms with Crippen molar-refractivity contribution in [1.29, 1.82) is 0 Å². The summed E-state index contributed by atoms with van der Waals surface area (Å²) in [6.45, 7) is 8.77. The second-order valence-electron chi connectivity index (χ2n) is 17.6. The van der Waals surface area contributed by atoms with Gasteiger partial charge in [-0.1, -0.05) is 57.6 Å². The standard InChI is InChI=1S/C44H59ClN6O10/c1-24(2)46-42-48-33(23-59-42)32-20-36(30-13-14-35(58-16-15-57-5)37(45)38(30)47-32)60-29-19-34-39(52)50-44(41(54)55)21-27(44)11-9-7-6-8-10-12-31(40(53)51(34)22-29)49-43(56)61-28-17-25(3)26(4)18-28/h13-14,20,23-29,31,34H,6-12,15-19,21-22H2,1-5H3,(H,46,48)(H,49,56)(H,50,52)(H,54,55)/t25-,26?,27-,28+,29-,31+,34+,44-/m1/s1. The molecule has 1 unspecified atom stereocenters. The van der Waals surface area contributed by atoms with Gasteiger partial charge in [-0.25, -0.2) is 14.6 Å². The molecule has 16 nitrogen and oxygen atoms in total. The molecule has 4 aliphatic rings. The molecule has 2 aliphatic heterocycles. The number of halogens is 1. The highest BCUT2D eigenvalue weighted by atomic mass is 35.5. The summed E-state index contributed by atoms with van der Waals surface area (Å²) in [5.74, 6) is -0.767. The normalized spacial score (nSPS) is 28.3. The molecule has 2 saturated carbocycles. The van der Waals surface area contributed by atoms with Crippen LogP contribution in [-0.2, 0) is 23.9 Å². The Morgan fingerprint density at radius 1 is 1.00 bits per heavy atom. The number of aromatic nitrogens is 2. The Balaban J connectivity index is 1.21. The van der Waals surface area contributed by atoms with Crippen molar-refractivity contribution in [2.45, 2.75) is 134 Å². The van der Waals surface area contributed by atoms with Gasteiger partial charge in [0.1, 0.15) is 64.9 Å². The van der Waals surface area contributed by atoms with Crippen LogP contribution in [0.25, 0.3) is 22.3 Å². The first-order chi connectivity index (χ1) is 29.3. The van der Waals surface area contributed by atoms with Crippen molar-refractivity contribution in [3.05, 3.63) is 29.5 Å². The summed E-state index contributed by atoms with van der Waals surface area (Å²) in [7, 11) is 1.57. The predicted molar refractivity (Wildman–Crippen MR) is 227 cm³/mol. The molecule has 332 valence electrons. The summed E-state index contributed by atoms with van der Waals surface area (Å²) in [6.07, 6.45) is 6.86. The van der Waals surface area contributed by atoms with Crippen molar-refractivity contribution < 1.29 is 47.6 Å². The van der Waals surface area contributed by atoms with Crippen LogP contribution in [-0.4, -0.2) is 107 Å². The van der Waals surface area contributed by atoms with Gasteiger partial charge in [0.05, 0.1) is 24.4 Å². The van der Waals surface area contributed by atoms with Crippen LogP contribution in [0, 0.1) is 17.8 Å². The Hall–Kier alpha value is -4.83. The Morgan fingerprint density at radius 3 is 2.46 bits per heavy atom. The Bertz CT molecular complexity index is 2070. The molecule has 2 aliphatic carbocycles. The third-order valence-corrected chi connectivity index (χ3v) is 13.1. The minimum absolute atomic E-state index is 0.0250. The molecule has 61 heavy (non-hydrogen) atoms. The maximum atomic E-state index is 14.7. The van der Waals surface area contributed by atoms with Gasteiger partial charge >= 0.3 is 12.1 Å². The summed E-state index contributed by atoms with van der Waals surface area (Å²) in [5.41, 5.74) is -0.244. The first kappa shape index (κ1) is 44.2. The maximum absolute atomic E-state index is 14.7. The highest BCUT2D eigenvalue weighted by Gasteiger charge is 2.62. The first-order valence-corrected chi connectivity index (χ1v) is 22.1. The Morgan fingerprint density at radius 2 is 1.74 bits per heavy atom. The molecule has 3 aromatic rings. The van der Waals surface area contributed by atoms with Gasteiger partial charge in [0, 0.05) is 31.0 Å². The molecule has 2 saturated heterocycles. The number of fused-ring (bicyclic) bond motifs is 3. The number of hydrogen-bond acceptors (Lipinski definition) is 12. The van der Waals surface area contributed by atoms with Gasteiger partial charge in [0.15, 0.2) is 0 Å². The van der Waals surface area contributed by atoms with Gasteiger partial charge in [-0.3, -0.25) is 9.59 Å². The number of hydrogen-bond donors (Lipinski definition) is 4. The number of carbonyl (C=O) groups excluding carboxylic acids is 3. The molecule has 0 bridgehead atoms. The molecule has 4 heterocycles. The van der Waals surface area contributed by atoms with Crippen molar-refractivity contribution in [2.24, 2.45) is 17.8 Å². The SMILES string of the molecule is COCCOc1ccc2c(O[C@@H]3C[C@H]4C(=O)N[C@]5(C(=O)O)C[C@H]5CCCCCCC[C@H](NC(=O)O[C@@H]5CC(C)[C@H](C)C5)C(=O)N4C3)cc(-c3coc(NC(C)C)n3)nc2c1Cl. The van der Waals surface area contributed by atoms with Crippen LogP contribution in [0.2, 0.25) is 5.02 Å². The topological polar surface area (TPSA) is 204 Å². The zero-order valence-corrected chi connectivity index (χ0v) is 36.4. The lowest BCUT2D eigenvalue weighted by atomic mass is 10.0. The number of ether oxygens (including phenoxy) is 4. The summed E-state index contributed by atoms with van der Waals surface area (Å²) in [4.78, 5) is 66.1. The maximum Gasteiger partial charge on any atom is 0.408 e. The minimum atomic E-state index is -1.40. The van der Waals surface area contributed by atoms with E-state index < -0.39 is 47.6 Å². The number of carboxylic acids is 1. The zero-order valence-electron chi connectivity index (χ0n) is 35.7. The molecule has 4 fully saturated rings. The number of aliphatic carboxylic acids is 1. The molecule has 0 radical (unpaired) electrons. The highest BCUT2D eigenvalue weighted by Crippen LogP contribution is 2.48. The van der Waals surface area contributed by atoms with Gasteiger partial charge in [-0.15, -0.1) is 0 Å². The van der Waals surface area contributed by atoms with Gasteiger partial charge in [-0.2, -0.15) is 4.98 Å². The molecule has 0 spiro atoms. The number of oxazole rings is 1. The van der Waals surface area contributed by atoms with Crippen LogP contribution >= 0.6 is 11.6 Å². The van der Waals surface area contributed by atoms with E-state index in [1.54, 1.807) is 25.3 Å². The van der Waals surface area contributed by atoms with E-state index in [9.17, 15) is 24.3 Å². The number of nitrogens with one attached hydrogen (secondary N) is 3. The van der Waals surface area contributed by atoms with Gasteiger partial charge in [0.2, 0.25) is 11.8 Å². The van der Waals surface area contributed by atoms with E-state index in [0.29, 0.717) is 83.9 Å². The number of carbonyl (C=O) groups is 4. The lowest BCUT2D eigenvalue weighted by Crippen LogP contribution is -2.56. The number of methoxy groups -OCH3 is 1. The third kappa shape index (κ3) is 10.1. The Labute approximate surface area is 361 Å². The first-order valence-electron chi connectivity index (χ1n) is 21.7. The van der Waals surface area contributed by atoms with Crippen LogP contribution < -0.4 is 25.4 Å². The molecule has 3 amide bonds. The molecule has 7 rings (SSSR count). The molecular weight excluding hydrogens is 808 g/mol. The molecular formula is C44H59ClN6O10. The second kappa shape index (κ2) is 19.1. The smallest absolute Gasteiger partial charge is 0.408 e. The fraction of sp³-hybridized carbons (Fsp3) is 0.636. The number of carboxylic acid groups (broad SMARTS) is 1. The molecule has 17 heteroatoms. The summed E-state index contributed by atoms with van der Waals surface area (Å²) < 4.78 is 29.3. The van der Waals surface area contributed by atoms with Gasteiger partial charge in [-0.05, 0) is 75.8 Å². The van der Waals surface area contributed by atoms with E-state index in [1.807, 2.05) is 13.8 Å². The van der Waals surface area contributed by atoms with E-state index >= 15 is 0 Å². The minimum Gasteiger partial charge on any atom is -0.490 e. The van der Waals surface area contributed by atoms with E-state index in [1.165, 1.54) is 11.2 Å². The summed E-state index contributed by atoms with van der Waals surface area (Å²) >= 11 is 6.95. The average Bonchev–Trinajstić information content (AvgIpc) is 3.47. The van der Waals surface area contributed by atoms with Crippen molar-refractivity contribution in [2.75, 3.05) is 32.2 Å². The number of alkyl carbamates (subject to hydrolysis) is 1. The molecule has 2 aromatic heterocycles. The van der Waals surface area contributed by atoms with Crippen LogP contribution in [0.1, 0.15) is 98.3 Å². The fourth-order valence-electron chi connectivity index (χ4n) is 9.03. The Kier molecular flexibility index (Phi) is 13.8. The number of pyridine rings is 1. The number of anilines is 1.